The average Bonchev–Trinajstić information content (AvgIpc) is 3.26. The van der Waals surface area contributed by atoms with Crippen molar-refractivity contribution in [1.82, 2.24) is 14.8 Å². The number of nitriles is 1. The second-order valence-electron chi connectivity index (χ2n) is 6.88. The molecule has 0 bridgehead atoms. The van der Waals surface area contributed by atoms with Gasteiger partial charge in [0.15, 0.2) is 11.0 Å². The van der Waals surface area contributed by atoms with Crippen LogP contribution in [-0.4, -0.2) is 32.5 Å². The Morgan fingerprint density at radius 2 is 2.10 bits per heavy atom. The third-order valence-corrected chi connectivity index (χ3v) is 6.64. The van der Waals surface area contributed by atoms with E-state index in [1.807, 2.05) is 48.7 Å². The first-order valence-corrected chi connectivity index (χ1v) is 11.3. The van der Waals surface area contributed by atoms with Gasteiger partial charge in [-0.2, -0.15) is 5.26 Å². The largest absolute Gasteiger partial charge is 0.310 e. The SMILES string of the molecule is C[C@H](Sc1nnc(-c2cccs2)n1C1CC1)C(=O)N(CCC#N)c1ccccc1. The summed E-state index contributed by atoms with van der Waals surface area (Å²) in [6.45, 7) is 2.27. The Morgan fingerprint density at radius 1 is 1.31 bits per heavy atom. The molecule has 1 amide bonds. The highest BCUT2D eigenvalue weighted by Crippen LogP contribution is 2.42. The second kappa shape index (κ2) is 8.80. The van der Waals surface area contributed by atoms with E-state index >= 15 is 0 Å². The molecule has 0 unspecified atom stereocenters. The smallest absolute Gasteiger partial charge is 0.240 e. The molecule has 148 valence electrons. The Morgan fingerprint density at radius 3 is 2.76 bits per heavy atom. The number of aromatic nitrogens is 3. The first kappa shape index (κ1) is 19.7. The summed E-state index contributed by atoms with van der Waals surface area (Å²) >= 11 is 3.09. The Bertz CT molecular complexity index is 1010. The van der Waals surface area contributed by atoms with Crippen molar-refractivity contribution < 1.29 is 4.79 Å². The van der Waals surface area contributed by atoms with Crippen LogP contribution in [0.4, 0.5) is 5.69 Å². The molecule has 1 atom stereocenters. The monoisotopic (exact) mass is 423 g/mol. The maximum atomic E-state index is 13.2. The molecule has 4 rings (SSSR count). The predicted molar refractivity (Wildman–Crippen MR) is 116 cm³/mol. The molecule has 0 saturated heterocycles. The van der Waals surface area contributed by atoms with E-state index in [-0.39, 0.29) is 11.2 Å². The van der Waals surface area contributed by atoms with Gasteiger partial charge in [0.1, 0.15) is 0 Å². The molecule has 3 aromatic rings. The topological polar surface area (TPSA) is 74.8 Å². The van der Waals surface area contributed by atoms with Crippen LogP contribution in [0.25, 0.3) is 10.7 Å². The van der Waals surface area contributed by atoms with Crippen LogP contribution >= 0.6 is 23.1 Å². The molecule has 8 heteroatoms. The number of benzene rings is 1. The molecule has 2 aromatic heterocycles. The van der Waals surface area contributed by atoms with Crippen LogP contribution in [0.1, 0.15) is 32.2 Å². The number of thiophene rings is 1. The molecule has 29 heavy (non-hydrogen) atoms. The van der Waals surface area contributed by atoms with Gasteiger partial charge in [-0.05, 0) is 43.3 Å². The van der Waals surface area contributed by atoms with Crippen molar-refractivity contribution in [3.8, 4) is 16.8 Å². The summed E-state index contributed by atoms with van der Waals surface area (Å²) in [5, 5.41) is 20.3. The Labute approximate surface area is 178 Å². The van der Waals surface area contributed by atoms with Gasteiger partial charge in [0.05, 0.1) is 22.6 Å². The molecular formula is C21H21N5OS2. The molecule has 1 saturated carbocycles. The number of thioether (sulfide) groups is 1. The Hall–Kier alpha value is -2.63. The lowest BCUT2D eigenvalue weighted by Crippen LogP contribution is -2.37. The van der Waals surface area contributed by atoms with E-state index < -0.39 is 0 Å². The molecule has 0 spiro atoms. The Balaban J connectivity index is 1.56. The molecule has 1 aromatic carbocycles. The number of carbonyl (C=O) groups excluding carboxylic acids is 1. The van der Waals surface area contributed by atoms with E-state index in [4.69, 9.17) is 5.26 Å². The van der Waals surface area contributed by atoms with Gasteiger partial charge in [-0.25, -0.2) is 0 Å². The summed E-state index contributed by atoms with van der Waals surface area (Å²) in [5.74, 6) is 0.855. The summed E-state index contributed by atoms with van der Waals surface area (Å²) in [5.41, 5.74) is 0.808. The fraction of sp³-hybridized carbons (Fsp3) is 0.333. The zero-order chi connectivity index (χ0) is 20.2. The molecule has 0 radical (unpaired) electrons. The van der Waals surface area contributed by atoms with Crippen LogP contribution in [0.15, 0.2) is 53.0 Å². The molecule has 2 heterocycles. The number of rotatable bonds is 8. The van der Waals surface area contributed by atoms with Crippen molar-refractivity contribution in [3.63, 3.8) is 0 Å². The van der Waals surface area contributed by atoms with E-state index in [1.165, 1.54) is 11.8 Å². The van der Waals surface area contributed by atoms with Crippen LogP contribution in [-0.2, 0) is 4.79 Å². The molecule has 0 aliphatic heterocycles. The van der Waals surface area contributed by atoms with Gasteiger partial charge in [-0.15, -0.1) is 21.5 Å². The number of anilines is 1. The predicted octanol–water partition coefficient (Wildman–Crippen LogP) is 4.77. The summed E-state index contributed by atoms with van der Waals surface area (Å²) in [6.07, 6.45) is 2.52. The summed E-state index contributed by atoms with van der Waals surface area (Å²) < 4.78 is 2.18. The highest BCUT2D eigenvalue weighted by atomic mass is 32.2. The standard InChI is InChI=1S/C21H21N5OS2/c1-15(20(27)25(13-6-12-22)16-7-3-2-4-8-16)29-21-24-23-19(18-9-5-14-28-18)26(21)17-10-11-17/h2-5,7-9,14-15,17H,6,10-11,13H2,1H3/t15-/m0/s1. The lowest BCUT2D eigenvalue weighted by atomic mass is 10.2. The molecule has 1 aliphatic rings. The van der Waals surface area contributed by atoms with Crippen LogP contribution < -0.4 is 4.90 Å². The zero-order valence-electron chi connectivity index (χ0n) is 16.1. The van der Waals surface area contributed by atoms with E-state index in [9.17, 15) is 4.79 Å². The fourth-order valence-corrected chi connectivity index (χ4v) is 4.84. The number of hydrogen-bond acceptors (Lipinski definition) is 6. The van der Waals surface area contributed by atoms with E-state index in [1.54, 1.807) is 16.2 Å². The van der Waals surface area contributed by atoms with Crippen LogP contribution in [0, 0.1) is 11.3 Å². The quantitative estimate of drug-likeness (QED) is 0.488. The lowest BCUT2D eigenvalue weighted by Gasteiger charge is -2.24. The van der Waals surface area contributed by atoms with Crippen LogP contribution in [0.3, 0.4) is 0 Å². The van der Waals surface area contributed by atoms with Gasteiger partial charge in [0.2, 0.25) is 5.91 Å². The number of amides is 1. The van der Waals surface area contributed by atoms with Crippen LogP contribution in [0.5, 0.6) is 0 Å². The number of nitrogens with zero attached hydrogens (tertiary/aromatic N) is 5. The third kappa shape index (κ3) is 4.36. The van der Waals surface area contributed by atoms with Gasteiger partial charge in [0.25, 0.3) is 0 Å². The zero-order valence-corrected chi connectivity index (χ0v) is 17.7. The van der Waals surface area contributed by atoms with Gasteiger partial charge >= 0.3 is 0 Å². The minimum Gasteiger partial charge on any atom is -0.310 e. The molecule has 1 fully saturated rings. The van der Waals surface area contributed by atoms with Crippen LogP contribution in [0.2, 0.25) is 0 Å². The summed E-state index contributed by atoms with van der Waals surface area (Å²) in [6, 6.07) is 16.1. The van der Waals surface area contributed by atoms with Crippen molar-refractivity contribution in [1.29, 1.82) is 5.26 Å². The van der Waals surface area contributed by atoms with Crippen molar-refractivity contribution in [2.45, 2.75) is 42.6 Å². The molecule has 1 aliphatic carbocycles. The maximum Gasteiger partial charge on any atom is 0.240 e. The van der Waals surface area contributed by atoms with Gasteiger partial charge < -0.3 is 4.90 Å². The van der Waals surface area contributed by atoms with Gasteiger partial charge in [0, 0.05) is 18.3 Å². The number of carbonyl (C=O) groups is 1. The molecule has 6 nitrogen and oxygen atoms in total. The normalized spacial score (nSPS) is 14.3. The minimum atomic E-state index is -0.341. The fourth-order valence-electron chi connectivity index (χ4n) is 3.16. The van der Waals surface area contributed by atoms with Crippen molar-refractivity contribution in [2.75, 3.05) is 11.4 Å². The molecular weight excluding hydrogens is 402 g/mol. The van der Waals surface area contributed by atoms with E-state index in [0.717, 1.165) is 34.4 Å². The third-order valence-electron chi connectivity index (χ3n) is 4.73. The number of para-hydroxylation sites is 1. The lowest BCUT2D eigenvalue weighted by molar-refractivity contribution is -0.117. The van der Waals surface area contributed by atoms with Gasteiger partial charge in [-0.1, -0.05) is 36.0 Å². The molecule has 0 N–H and O–H groups in total. The number of hydrogen-bond donors (Lipinski definition) is 0. The van der Waals surface area contributed by atoms with Crippen molar-refractivity contribution in [2.24, 2.45) is 0 Å². The second-order valence-corrected chi connectivity index (χ2v) is 9.13. The average molecular weight is 424 g/mol. The van der Waals surface area contributed by atoms with E-state index in [0.29, 0.717) is 19.0 Å². The summed E-state index contributed by atoms with van der Waals surface area (Å²) in [4.78, 5) is 16.0. The Kier molecular flexibility index (Phi) is 5.97. The highest BCUT2D eigenvalue weighted by molar-refractivity contribution is 8.00. The minimum absolute atomic E-state index is 0.0283. The summed E-state index contributed by atoms with van der Waals surface area (Å²) in [7, 11) is 0. The van der Waals surface area contributed by atoms with Crippen molar-refractivity contribution in [3.05, 3.63) is 47.8 Å². The van der Waals surface area contributed by atoms with Crippen molar-refractivity contribution >= 4 is 34.7 Å². The van der Waals surface area contributed by atoms with E-state index in [2.05, 4.69) is 26.9 Å². The maximum absolute atomic E-state index is 13.2. The highest BCUT2D eigenvalue weighted by Gasteiger charge is 2.32. The first-order valence-electron chi connectivity index (χ1n) is 9.58. The first-order chi connectivity index (χ1) is 14.2. The van der Waals surface area contributed by atoms with Gasteiger partial charge in [-0.3, -0.25) is 9.36 Å².